The summed E-state index contributed by atoms with van der Waals surface area (Å²) in [6, 6.07) is 0. The molecule has 1 amide bonds. The van der Waals surface area contributed by atoms with Gasteiger partial charge in [-0.1, -0.05) is 0 Å². The fourth-order valence-electron chi connectivity index (χ4n) is 1.02. The van der Waals surface area contributed by atoms with Crippen LogP contribution in [0.15, 0.2) is 11.4 Å². The maximum absolute atomic E-state index is 11.1. The molecular formula is C7H7N3O3S. The summed E-state index contributed by atoms with van der Waals surface area (Å²) in [5, 5.41) is 2.61. The highest BCUT2D eigenvalue weighted by Crippen LogP contribution is 2.18. The van der Waals surface area contributed by atoms with E-state index < -0.39 is 16.9 Å². The van der Waals surface area contributed by atoms with Crippen LogP contribution in [0.5, 0.6) is 0 Å². The highest BCUT2D eigenvalue weighted by Gasteiger charge is 2.18. The van der Waals surface area contributed by atoms with Crippen molar-refractivity contribution in [3.05, 3.63) is 11.8 Å². The Balaban J connectivity index is 2.42. The SMILES string of the molecule is CS(=O)c1ncc2c(n1)NC(=O)OC2. The van der Waals surface area contributed by atoms with E-state index in [0.29, 0.717) is 11.4 Å². The van der Waals surface area contributed by atoms with Crippen molar-refractivity contribution in [2.24, 2.45) is 0 Å². The van der Waals surface area contributed by atoms with Gasteiger partial charge in [0, 0.05) is 12.5 Å². The van der Waals surface area contributed by atoms with Gasteiger partial charge in [0.2, 0.25) is 5.16 Å². The van der Waals surface area contributed by atoms with E-state index in [-0.39, 0.29) is 11.8 Å². The number of amides is 1. The van der Waals surface area contributed by atoms with Crippen molar-refractivity contribution >= 4 is 22.7 Å². The third-order valence-electron chi connectivity index (χ3n) is 1.68. The average molecular weight is 213 g/mol. The Bertz CT molecular complexity index is 421. The van der Waals surface area contributed by atoms with Gasteiger partial charge in [0.25, 0.3) is 0 Å². The van der Waals surface area contributed by atoms with Crippen LogP contribution in [0.25, 0.3) is 0 Å². The van der Waals surface area contributed by atoms with Crippen LogP contribution in [-0.2, 0) is 22.1 Å². The summed E-state index contributed by atoms with van der Waals surface area (Å²) in [5.74, 6) is 0.376. The zero-order valence-electron chi connectivity index (χ0n) is 7.31. The van der Waals surface area contributed by atoms with Crippen molar-refractivity contribution in [3.8, 4) is 0 Å². The van der Waals surface area contributed by atoms with Gasteiger partial charge in [0.15, 0.2) is 0 Å². The maximum Gasteiger partial charge on any atom is 0.413 e. The Labute approximate surface area is 82.2 Å². The summed E-state index contributed by atoms with van der Waals surface area (Å²) in [4.78, 5) is 18.7. The van der Waals surface area contributed by atoms with Gasteiger partial charge in [0.05, 0.1) is 16.4 Å². The molecule has 0 bridgehead atoms. The Hall–Kier alpha value is -1.50. The lowest BCUT2D eigenvalue weighted by Crippen LogP contribution is -2.22. The van der Waals surface area contributed by atoms with Crippen molar-refractivity contribution < 1.29 is 13.7 Å². The number of carbonyl (C=O) groups excluding carboxylic acids is 1. The summed E-state index contributed by atoms with van der Waals surface area (Å²) in [6.07, 6.45) is 2.42. The topological polar surface area (TPSA) is 81.2 Å². The highest BCUT2D eigenvalue weighted by molar-refractivity contribution is 7.84. The number of aromatic nitrogens is 2. The minimum Gasteiger partial charge on any atom is -0.444 e. The second-order valence-electron chi connectivity index (χ2n) is 2.68. The van der Waals surface area contributed by atoms with Crippen LogP contribution in [0, 0.1) is 0 Å². The Morgan fingerprint density at radius 1 is 1.64 bits per heavy atom. The molecule has 1 aliphatic heterocycles. The van der Waals surface area contributed by atoms with Crippen LogP contribution < -0.4 is 5.32 Å². The van der Waals surface area contributed by atoms with Gasteiger partial charge in [-0.15, -0.1) is 0 Å². The van der Waals surface area contributed by atoms with Crippen LogP contribution in [0.1, 0.15) is 5.56 Å². The normalized spacial score (nSPS) is 16.5. The highest BCUT2D eigenvalue weighted by atomic mass is 32.2. The van der Waals surface area contributed by atoms with Crippen molar-refractivity contribution in [1.29, 1.82) is 0 Å². The molecule has 0 saturated heterocycles. The first-order valence-electron chi connectivity index (χ1n) is 3.80. The minimum atomic E-state index is -1.25. The summed E-state index contributed by atoms with van der Waals surface area (Å²) in [7, 11) is -1.25. The number of anilines is 1. The summed E-state index contributed by atoms with van der Waals surface area (Å²) < 4.78 is 15.8. The molecule has 1 unspecified atom stereocenters. The van der Waals surface area contributed by atoms with Gasteiger partial charge in [-0.2, -0.15) is 0 Å². The predicted octanol–water partition coefficient (Wildman–Crippen LogP) is 0.276. The molecule has 1 aliphatic rings. The number of hydrogen-bond acceptors (Lipinski definition) is 5. The predicted molar refractivity (Wildman–Crippen MR) is 48.2 cm³/mol. The largest absolute Gasteiger partial charge is 0.444 e. The Morgan fingerprint density at radius 2 is 2.43 bits per heavy atom. The smallest absolute Gasteiger partial charge is 0.413 e. The number of fused-ring (bicyclic) bond motifs is 1. The molecule has 0 spiro atoms. The monoisotopic (exact) mass is 213 g/mol. The fraction of sp³-hybridized carbons (Fsp3) is 0.286. The molecule has 0 radical (unpaired) electrons. The van der Waals surface area contributed by atoms with E-state index in [4.69, 9.17) is 4.74 Å². The number of rotatable bonds is 1. The molecule has 1 N–H and O–H groups in total. The van der Waals surface area contributed by atoms with E-state index in [1.807, 2.05) is 0 Å². The van der Waals surface area contributed by atoms with E-state index in [9.17, 15) is 9.00 Å². The second-order valence-corrected chi connectivity index (χ2v) is 3.96. The van der Waals surface area contributed by atoms with Gasteiger partial charge in [-0.05, 0) is 0 Å². The van der Waals surface area contributed by atoms with Crippen molar-refractivity contribution in [2.45, 2.75) is 11.8 Å². The first-order valence-corrected chi connectivity index (χ1v) is 5.36. The van der Waals surface area contributed by atoms with Crippen molar-refractivity contribution in [1.82, 2.24) is 9.97 Å². The third-order valence-corrected chi connectivity index (χ3v) is 2.39. The summed E-state index contributed by atoms with van der Waals surface area (Å²) in [6.45, 7) is 0.151. The molecule has 7 heteroatoms. The van der Waals surface area contributed by atoms with Crippen molar-refractivity contribution in [2.75, 3.05) is 11.6 Å². The van der Waals surface area contributed by atoms with Gasteiger partial charge in [-0.3, -0.25) is 9.53 Å². The number of cyclic esters (lactones) is 1. The molecule has 0 aromatic carbocycles. The average Bonchev–Trinajstić information content (AvgIpc) is 2.16. The molecule has 0 aliphatic carbocycles. The van der Waals surface area contributed by atoms with Crippen LogP contribution in [-0.4, -0.2) is 26.5 Å². The zero-order valence-corrected chi connectivity index (χ0v) is 8.13. The molecular weight excluding hydrogens is 206 g/mol. The number of ether oxygens (including phenoxy) is 1. The summed E-state index contributed by atoms with van der Waals surface area (Å²) >= 11 is 0. The molecule has 2 rings (SSSR count). The van der Waals surface area contributed by atoms with Crippen LogP contribution in [0.2, 0.25) is 0 Å². The fourth-order valence-corrected chi connectivity index (χ4v) is 1.44. The van der Waals surface area contributed by atoms with Gasteiger partial charge in [0.1, 0.15) is 12.4 Å². The second kappa shape index (κ2) is 3.33. The minimum absolute atomic E-state index is 0.151. The lowest BCUT2D eigenvalue weighted by Gasteiger charge is -2.15. The van der Waals surface area contributed by atoms with Crippen LogP contribution in [0.4, 0.5) is 10.6 Å². The summed E-state index contributed by atoms with van der Waals surface area (Å²) in [5.41, 5.74) is 0.679. The molecule has 14 heavy (non-hydrogen) atoms. The third kappa shape index (κ3) is 1.58. The van der Waals surface area contributed by atoms with Crippen molar-refractivity contribution in [3.63, 3.8) is 0 Å². The quantitative estimate of drug-likeness (QED) is 0.677. The van der Waals surface area contributed by atoms with E-state index >= 15 is 0 Å². The van der Waals surface area contributed by atoms with E-state index in [2.05, 4.69) is 15.3 Å². The first kappa shape index (κ1) is 9.07. The molecule has 1 atom stereocenters. The number of nitrogens with zero attached hydrogens (tertiary/aromatic N) is 2. The molecule has 0 fully saturated rings. The standard InChI is InChI=1S/C7H7N3O3S/c1-14(12)6-8-2-4-3-13-7(11)10-5(4)9-6/h2H,3H2,1H3,(H,8,9,10,11). The van der Waals surface area contributed by atoms with E-state index in [1.165, 1.54) is 12.5 Å². The molecule has 6 nitrogen and oxygen atoms in total. The van der Waals surface area contributed by atoms with E-state index in [1.54, 1.807) is 0 Å². The molecule has 0 saturated carbocycles. The number of hydrogen-bond donors (Lipinski definition) is 1. The lowest BCUT2D eigenvalue weighted by atomic mass is 10.3. The van der Waals surface area contributed by atoms with Crippen LogP contribution in [0.3, 0.4) is 0 Å². The molecule has 74 valence electrons. The molecule has 2 heterocycles. The lowest BCUT2D eigenvalue weighted by molar-refractivity contribution is 0.150. The van der Waals surface area contributed by atoms with Gasteiger partial charge >= 0.3 is 6.09 Å². The Morgan fingerprint density at radius 3 is 3.14 bits per heavy atom. The zero-order chi connectivity index (χ0) is 10.1. The molecule has 1 aromatic heterocycles. The maximum atomic E-state index is 11.1. The van der Waals surface area contributed by atoms with Crippen LogP contribution >= 0.6 is 0 Å². The number of nitrogens with one attached hydrogen (secondary N) is 1. The first-order chi connectivity index (χ1) is 6.66. The van der Waals surface area contributed by atoms with Gasteiger partial charge in [-0.25, -0.2) is 14.8 Å². The van der Waals surface area contributed by atoms with E-state index in [0.717, 1.165) is 0 Å². The Kier molecular flexibility index (Phi) is 2.16. The van der Waals surface area contributed by atoms with Gasteiger partial charge < -0.3 is 4.74 Å². The molecule has 1 aromatic rings. The number of carbonyl (C=O) groups is 1.